The van der Waals surface area contributed by atoms with Gasteiger partial charge in [0.25, 0.3) is 5.91 Å². The molecule has 1 N–H and O–H groups in total. The van der Waals surface area contributed by atoms with Crippen LogP contribution >= 0.6 is 11.3 Å². The van der Waals surface area contributed by atoms with Gasteiger partial charge in [0, 0.05) is 10.4 Å². The van der Waals surface area contributed by atoms with E-state index in [1.807, 2.05) is 6.07 Å². The molecule has 1 heterocycles. The summed E-state index contributed by atoms with van der Waals surface area (Å²) in [5.41, 5.74) is 4.14. The third kappa shape index (κ3) is 3.67. The quantitative estimate of drug-likeness (QED) is 0.663. The third-order valence-corrected chi connectivity index (χ3v) is 5.50. The van der Waals surface area contributed by atoms with Crippen LogP contribution in [0.15, 0.2) is 35.4 Å². The standard InChI is InChI=1S/C18H19FN2OS/c1-2-12-7-8-16-14(9-12)10-17(23-16)18(22)21-20-11-13-5-3-4-6-15(13)19/h3-6,10-12H,2,7-9H2,1H3,(H,21,22)/b20-11-/t12-/m1/s1. The van der Waals surface area contributed by atoms with Crippen LogP contribution in [0.25, 0.3) is 0 Å². The van der Waals surface area contributed by atoms with E-state index in [0.29, 0.717) is 10.4 Å². The first-order chi connectivity index (χ1) is 11.2. The fourth-order valence-corrected chi connectivity index (χ4v) is 3.95. The number of aryl methyl sites for hydroxylation is 1. The monoisotopic (exact) mass is 330 g/mol. The molecule has 5 heteroatoms. The van der Waals surface area contributed by atoms with Gasteiger partial charge in [0.15, 0.2) is 0 Å². The Morgan fingerprint density at radius 1 is 1.48 bits per heavy atom. The Hall–Kier alpha value is -2.01. The summed E-state index contributed by atoms with van der Waals surface area (Å²) < 4.78 is 13.5. The molecule has 2 aromatic rings. The molecule has 0 radical (unpaired) electrons. The Bertz CT molecular complexity index is 738. The van der Waals surface area contributed by atoms with Gasteiger partial charge in [0.05, 0.1) is 11.1 Å². The molecule has 1 amide bonds. The van der Waals surface area contributed by atoms with Crippen molar-refractivity contribution in [2.24, 2.45) is 11.0 Å². The zero-order chi connectivity index (χ0) is 16.2. The van der Waals surface area contributed by atoms with Gasteiger partial charge in [-0.1, -0.05) is 31.5 Å². The van der Waals surface area contributed by atoms with Gasteiger partial charge in [0.2, 0.25) is 0 Å². The van der Waals surface area contributed by atoms with Crippen LogP contribution in [0.5, 0.6) is 0 Å². The number of hydrazone groups is 1. The molecule has 23 heavy (non-hydrogen) atoms. The molecule has 0 unspecified atom stereocenters. The highest BCUT2D eigenvalue weighted by Gasteiger charge is 2.21. The lowest BCUT2D eigenvalue weighted by Gasteiger charge is -2.19. The summed E-state index contributed by atoms with van der Waals surface area (Å²) >= 11 is 1.55. The number of halogens is 1. The van der Waals surface area contributed by atoms with Crippen LogP contribution in [0.2, 0.25) is 0 Å². The topological polar surface area (TPSA) is 41.5 Å². The summed E-state index contributed by atoms with van der Waals surface area (Å²) in [6.45, 7) is 2.22. The fraction of sp³-hybridized carbons (Fsp3) is 0.333. The van der Waals surface area contributed by atoms with Crippen LogP contribution in [-0.4, -0.2) is 12.1 Å². The summed E-state index contributed by atoms with van der Waals surface area (Å²) in [7, 11) is 0. The van der Waals surface area contributed by atoms with E-state index in [4.69, 9.17) is 0 Å². The largest absolute Gasteiger partial charge is 0.281 e. The zero-order valence-corrected chi connectivity index (χ0v) is 13.8. The van der Waals surface area contributed by atoms with E-state index >= 15 is 0 Å². The first-order valence-electron chi connectivity index (χ1n) is 7.87. The highest BCUT2D eigenvalue weighted by atomic mass is 32.1. The molecule has 1 aromatic heterocycles. The molecular formula is C18H19FN2OS. The fourth-order valence-electron chi connectivity index (χ4n) is 2.85. The lowest BCUT2D eigenvalue weighted by atomic mass is 9.87. The maximum atomic E-state index is 13.5. The van der Waals surface area contributed by atoms with Crippen molar-refractivity contribution in [3.8, 4) is 0 Å². The second-order valence-electron chi connectivity index (χ2n) is 5.80. The van der Waals surface area contributed by atoms with E-state index < -0.39 is 0 Å². The number of fused-ring (bicyclic) bond motifs is 1. The number of rotatable bonds is 4. The molecule has 1 aliphatic carbocycles. The van der Waals surface area contributed by atoms with Gasteiger partial charge >= 0.3 is 0 Å². The molecule has 1 atom stereocenters. The van der Waals surface area contributed by atoms with Gasteiger partial charge in [-0.2, -0.15) is 5.10 Å². The normalized spacial score (nSPS) is 17.2. The number of carbonyl (C=O) groups excluding carboxylic acids is 1. The lowest BCUT2D eigenvalue weighted by Crippen LogP contribution is -2.16. The zero-order valence-electron chi connectivity index (χ0n) is 13.0. The Kier molecular flexibility index (Phi) is 4.86. The average molecular weight is 330 g/mol. The second kappa shape index (κ2) is 7.04. The second-order valence-corrected chi connectivity index (χ2v) is 6.93. The molecule has 3 nitrogen and oxygen atoms in total. The summed E-state index contributed by atoms with van der Waals surface area (Å²) in [6.07, 6.45) is 5.84. The number of carbonyl (C=O) groups is 1. The number of nitrogens with one attached hydrogen (secondary N) is 1. The molecule has 3 rings (SSSR count). The number of hydrogen-bond acceptors (Lipinski definition) is 3. The minimum absolute atomic E-state index is 0.231. The van der Waals surface area contributed by atoms with Crippen molar-refractivity contribution in [3.05, 3.63) is 57.0 Å². The van der Waals surface area contributed by atoms with Crippen LogP contribution in [-0.2, 0) is 12.8 Å². The molecule has 120 valence electrons. The van der Waals surface area contributed by atoms with Gasteiger partial charge in [-0.05, 0) is 42.9 Å². The number of nitrogens with zero attached hydrogens (tertiary/aromatic N) is 1. The Balaban J connectivity index is 1.65. The van der Waals surface area contributed by atoms with Gasteiger partial charge < -0.3 is 0 Å². The van der Waals surface area contributed by atoms with Crippen molar-refractivity contribution < 1.29 is 9.18 Å². The first-order valence-corrected chi connectivity index (χ1v) is 8.68. The van der Waals surface area contributed by atoms with Crippen LogP contribution < -0.4 is 5.43 Å². The first kappa shape index (κ1) is 15.9. The van der Waals surface area contributed by atoms with E-state index in [1.54, 1.807) is 29.5 Å². The maximum Gasteiger partial charge on any atom is 0.281 e. The summed E-state index contributed by atoms with van der Waals surface area (Å²) in [5.74, 6) is 0.139. The number of thiophene rings is 1. The number of benzene rings is 1. The maximum absolute atomic E-state index is 13.5. The molecule has 0 spiro atoms. The minimum atomic E-state index is -0.359. The molecule has 0 fully saturated rings. The molecule has 1 aromatic carbocycles. The summed E-state index contributed by atoms with van der Waals surface area (Å²) in [6, 6.07) is 8.30. The van der Waals surface area contributed by atoms with Crippen molar-refractivity contribution in [2.45, 2.75) is 32.6 Å². The SMILES string of the molecule is CC[C@@H]1CCc2sc(C(=O)N/N=C\c3ccccc3F)cc2C1. The van der Waals surface area contributed by atoms with Crippen molar-refractivity contribution in [1.82, 2.24) is 5.43 Å². The van der Waals surface area contributed by atoms with E-state index in [2.05, 4.69) is 17.5 Å². The molecule has 1 aliphatic rings. The highest BCUT2D eigenvalue weighted by Crippen LogP contribution is 2.33. The van der Waals surface area contributed by atoms with Gasteiger partial charge in [-0.3, -0.25) is 4.79 Å². The van der Waals surface area contributed by atoms with Crippen molar-refractivity contribution in [1.29, 1.82) is 0 Å². The summed E-state index contributed by atoms with van der Waals surface area (Å²) in [4.78, 5) is 14.2. The molecule has 0 saturated heterocycles. The average Bonchev–Trinajstić information content (AvgIpc) is 2.99. The Morgan fingerprint density at radius 3 is 3.09 bits per heavy atom. The van der Waals surface area contributed by atoms with Crippen molar-refractivity contribution in [2.75, 3.05) is 0 Å². The predicted octanol–water partition coefficient (Wildman–Crippen LogP) is 4.17. The number of amides is 1. The molecule has 0 aliphatic heterocycles. The molecule has 0 bridgehead atoms. The Labute approximate surface area is 139 Å². The summed E-state index contributed by atoms with van der Waals surface area (Å²) in [5, 5.41) is 3.86. The molecule has 0 saturated carbocycles. The van der Waals surface area contributed by atoms with Crippen molar-refractivity contribution >= 4 is 23.5 Å². The van der Waals surface area contributed by atoms with Crippen LogP contribution in [0.1, 0.15) is 45.4 Å². The number of hydrogen-bond donors (Lipinski definition) is 1. The van der Waals surface area contributed by atoms with Crippen LogP contribution in [0.3, 0.4) is 0 Å². The smallest absolute Gasteiger partial charge is 0.266 e. The van der Waals surface area contributed by atoms with E-state index in [0.717, 1.165) is 18.8 Å². The van der Waals surface area contributed by atoms with Gasteiger partial charge in [0.1, 0.15) is 5.82 Å². The van der Waals surface area contributed by atoms with Crippen molar-refractivity contribution in [3.63, 3.8) is 0 Å². The Morgan fingerprint density at radius 2 is 2.30 bits per heavy atom. The van der Waals surface area contributed by atoms with E-state index in [1.165, 1.54) is 35.6 Å². The van der Waals surface area contributed by atoms with Gasteiger partial charge in [-0.15, -0.1) is 11.3 Å². The van der Waals surface area contributed by atoms with Gasteiger partial charge in [-0.25, -0.2) is 9.82 Å². The van der Waals surface area contributed by atoms with E-state index in [9.17, 15) is 9.18 Å². The highest BCUT2D eigenvalue weighted by molar-refractivity contribution is 7.14. The third-order valence-electron chi connectivity index (χ3n) is 4.26. The van der Waals surface area contributed by atoms with E-state index in [-0.39, 0.29) is 11.7 Å². The molecular weight excluding hydrogens is 311 g/mol. The van der Waals surface area contributed by atoms with Crippen LogP contribution in [0, 0.1) is 11.7 Å². The van der Waals surface area contributed by atoms with Crippen LogP contribution in [0.4, 0.5) is 4.39 Å². The minimum Gasteiger partial charge on any atom is -0.266 e. The lowest BCUT2D eigenvalue weighted by molar-refractivity contribution is 0.0959. The predicted molar refractivity (Wildman–Crippen MR) is 91.6 cm³/mol.